The summed E-state index contributed by atoms with van der Waals surface area (Å²) < 4.78 is 27.0. The number of imidazole rings is 2. The first kappa shape index (κ1) is 107. The molecule has 2 radical (unpaired) electrons. The molecular formula is C130H132Ir2N6O8-2. The van der Waals surface area contributed by atoms with Crippen molar-refractivity contribution in [2.75, 3.05) is 39.6 Å². The summed E-state index contributed by atoms with van der Waals surface area (Å²) in [6.07, 6.45) is 3.06. The first-order valence-electron chi connectivity index (χ1n) is 50.3. The number of nitrogens with zero attached hydrogens (tertiary/aromatic N) is 6. The summed E-state index contributed by atoms with van der Waals surface area (Å²) in [5.74, 6) is 1.84. The van der Waals surface area contributed by atoms with Gasteiger partial charge in [-0.2, -0.15) is 0 Å². The fourth-order valence-corrected chi connectivity index (χ4v) is 19.4. The minimum Gasteiger partial charge on any atom is -0.512 e. The van der Waals surface area contributed by atoms with E-state index in [9.17, 15) is 19.8 Å². The molecule has 14 aromatic carbocycles. The molecule has 16 heteroatoms. The van der Waals surface area contributed by atoms with E-state index in [4.69, 9.17) is 38.9 Å². The Labute approximate surface area is 887 Å². The Bertz CT molecular complexity index is 7630. The Morgan fingerprint density at radius 2 is 0.630 bits per heavy atom. The standard InChI is InChI=1S/C46H40N3.C34H32N3.2C25H30O4.2Ir/c1-28-22-41-42(23-29(28)2)49-44(48-41)39-19-18-38(46(5,6)7)27-40(39)47-45(49)43-30(3)20-34(21-31(43)4)37-25-35(32-14-10-8-11-15-32)24-36(26-37)33-16-12-9-13-17-33;1-20-17-29-30(18-21(20)2)37-32(36-29)27-14-13-26(34(5,6)7)19-28(27)35-33(37)31-22(3)15-25(16-23(31)4)24-11-9-8-10-12-24;2*1-4-25(16-29-17-25)15-28-14-21-7-11-23(12-8-21)22-9-5-20(6-10-22)13-24(18(2)26)19(3)27;;/h8-18,20-27H,1-7H3;8-13,15-19H,1-7H3;2*5-12,26H,4,13-17H2,1-3H3;;/q2*-1;;;;. The Morgan fingerprint density at radius 3 is 0.911 bits per heavy atom. The molecule has 146 heavy (non-hydrogen) atoms. The number of aliphatic hydroxyl groups excluding tert-OH is 2. The third-order valence-corrected chi connectivity index (χ3v) is 29.0. The van der Waals surface area contributed by atoms with Gasteiger partial charge in [0.2, 0.25) is 0 Å². The van der Waals surface area contributed by atoms with Gasteiger partial charge < -0.3 is 38.0 Å². The minimum absolute atomic E-state index is 0. The summed E-state index contributed by atoms with van der Waals surface area (Å²) in [5.41, 5.74) is 42.1. The second-order valence-electron chi connectivity index (χ2n) is 42.0. The number of aryl methyl sites for hydroxylation is 8. The van der Waals surface area contributed by atoms with Gasteiger partial charge in [0.1, 0.15) is 11.6 Å². The van der Waals surface area contributed by atoms with Gasteiger partial charge in [0, 0.05) is 86.2 Å². The summed E-state index contributed by atoms with van der Waals surface area (Å²) in [5, 5.41) is 21.3. The van der Waals surface area contributed by atoms with Crippen molar-refractivity contribution in [3.8, 4) is 89.5 Å². The van der Waals surface area contributed by atoms with Crippen LogP contribution in [0.5, 0.6) is 0 Å². The van der Waals surface area contributed by atoms with Crippen molar-refractivity contribution in [1.82, 2.24) is 28.7 Å². The van der Waals surface area contributed by atoms with Gasteiger partial charge in [0.15, 0.2) is 11.6 Å². The van der Waals surface area contributed by atoms with Crippen LogP contribution in [0.1, 0.15) is 174 Å². The van der Waals surface area contributed by atoms with Crippen LogP contribution in [0.25, 0.3) is 145 Å². The van der Waals surface area contributed by atoms with E-state index in [0.29, 0.717) is 37.2 Å². The van der Waals surface area contributed by atoms with E-state index in [2.05, 4.69) is 362 Å². The quantitative estimate of drug-likeness (QED) is 0.0334. The number of benzene rings is 14. The Balaban J connectivity index is 0.000000149. The van der Waals surface area contributed by atoms with E-state index in [1.165, 1.54) is 114 Å². The number of carbonyl (C=O) groups is 2. The number of rotatable bonds is 24. The monoisotopic (exact) mass is 2290 g/mol. The Hall–Kier alpha value is -13.1. The molecule has 0 saturated carbocycles. The van der Waals surface area contributed by atoms with E-state index in [-0.39, 0.29) is 85.0 Å². The molecule has 0 unspecified atom stereocenters. The van der Waals surface area contributed by atoms with Crippen LogP contribution in [-0.2, 0) is 106 Å². The van der Waals surface area contributed by atoms with E-state index < -0.39 is 0 Å². The van der Waals surface area contributed by atoms with Crippen molar-refractivity contribution in [1.29, 1.82) is 0 Å². The fraction of sp³-hybridized carbons (Fsp3) is 0.277. The van der Waals surface area contributed by atoms with E-state index in [1.807, 2.05) is 48.5 Å². The maximum absolute atomic E-state index is 11.6. The van der Waals surface area contributed by atoms with Gasteiger partial charge in [0.25, 0.3) is 0 Å². The van der Waals surface area contributed by atoms with Crippen LogP contribution < -0.4 is 0 Å². The third kappa shape index (κ3) is 23.8. The topological polar surface area (TPSA) is 172 Å². The largest absolute Gasteiger partial charge is 0.512 e. The van der Waals surface area contributed by atoms with E-state index in [1.54, 1.807) is 13.8 Å². The number of ketones is 2. The molecule has 18 aromatic rings. The number of fused-ring (bicyclic) bond motifs is 10. The Morgan fingerprint density at radius 1 is 0.349 bits per heavy atom. The van der Waals surface area contributed by atoms with Crippen LogP contribution in [0.2, 0.25) is 0 Å². The predicted octanol–water partition coefficient (Wildman–Crippen LogP) is 31.3. The van der Waals surface area contributed by atoms with Gasteiger partial charge in [-0.15, -0.1) is 47.5 Å². The van der Waals surface area contributed by atoms with Crippen molar-refractivity contribution in [2.45, 2.75) is 188 Å². The van der Waals surface area contributed by atoms with Crippen LogP contribution >= 0.6 is 0 Å². The van der Waals surface area contributed by atoms with Crippen LogP contribution in [0, 0.1) is 78.4 Å². The van der Waals surface area contributed by atoms with Crippen molar-refractivity contribution < 1.29 is 79.0 Å². The van der Waals surface area contributed by atoms with Crippen molar-refractivity contribution >= 4 is 66.7 Å². The van der Waals surface area contributed by atoms with Gasteiger partial charge in [-0.05, 0) is 294 Å². The number of ether oxygens (including phenoxy) is 4. The van der Waals surface area contributed by atoms with Crippen LogP contribution in [0.3, 0.4) is 0 Å². The number of hydrogen-bond donors (Lipinski definition) is 2. The summed E-state index contributed by atoms with van der Waals surface area (Å²) in [7, 11) is 0. The predicted molar refractivity (Wildman–Crippen MR) is 591 cm³/mol. The summed E-state index contributed by atoms with van der Waals surface area (Å²) in [6.45, 7) is 47.2. The maximum Gasteiger partial charge on any atom is 0.159 e. The smallest absolute Gasteiger partial charge is 0.159 e. The fourth-order valence-electron chi connectivity index (χ4n) is 19.4. The molecule has 0 aliphatic carbocycles. The molecule has 20 rings (SSSR count). The molecule has 4 aromatic heterocycles. The summed E-state index contributed by atoms with van der Waals surface area (Å²) >= 11 is 0. The number of Topliss-reactive ketones (excluding diaryl/α,β-unsaturated/α-hetero) is 2. The summed E-state index contributed by atoms with van der Waals surface area (Å²) in [6, 6.07) is 106. The van der Waals surface area contributed by atoms with E-state index in [0.717, 1.165) is 175 Å². The van der Waals surface area contributed by atoms with Crippen molar-refractivity contribution in [3.05, 3.63) is 392 Å². The van der Waals surface area contributed by atoms with Gasteiger partial charge in [-0.1, -0.05) is 278 Å². The van der Waals surface area contributed by atoms with Crippen LogP contribution in [-0.4, -0.2) is 90.2 Å². The molecule has 2 N–H and O–H groups in total. The molecule has 2 saturated heterocycles. The van der Waals surface area contributed by atoms with E-state index >= 15 is 0 Å². The van der Waals surface area contributed by atoms with Gasteiger partial charge in [-0.25, -0.2) is 0 Å². The van der Waals surface area contributed by atoms with Crippen molar-refractivity contribution in [2.24, 2.45) is 10.8 Å². The first-order valence-corrected chi connectivity index (χ1v) is 50.3. The Kier molecular flexibility index (Phi) is 33.4. The molecule has 750 valence electrons. The number of aliphatic hydroxyl groups is 2. The molecule has 2 fully saturated rings. The zero-order valence-corrected chi connectivity index (χ0v) is 92.5. The number of allylic oxidation sites excluding steroid dienone is 4. The van der Waals surface area contributed by atoms with Gasteiger partial charge in [-0.3, -0.25) is 29.5 Å². The normalized spacial score (nSPS) is 13.5. The molecule has 0 atom stereocenters. The van der Waals surface area contributed by atoms with Crippen LogP contribution in [0.15, 0.2) is 302 Å². The molecule has 2 aliphatic heterocycles. The molecule has 0 spiro atoms. The SMILES string of the molecule is CCC1(COCc2ccc(-c3ccc(CC(C(C)=O)=C(C)O)cc3)cc2)COC1.CCC1(COCc2ccc(-c3ccc(CC(C(C)=O)=C(C)O)cc3)cc2)COC1.Cc1cc2nc3c4[c-]cc(C(C)(C)C)cc4nc(-c4c(C)cc(-c5cc(-c6ccccc6)cc(-c6ccccc6)c5)cc4C)n3c2cc1C.Cc1cc2nc3c4[c-]cc(C(C)(C)C)cc4nc(-c4c(C)cc(-c5ccccc5)cc4C)n3c2cc1C.[Ir].[Ir]. The number of carbonyl (C=O) groups excluding carboxylic acids is 2. The first-order chi connectivity index (χ1) is 69.0. The second kappa shape index (κ2) is 45.5. The van der Waals surface area contributed by atoms with Crippen molar-refractivity contribution in [3.63, 3.8) is 0 Å². The average Bonchev–Trinajstić information content (AvgIpc) is 1.57. The third-order valence-electron chi connectivity index (χ3n) is 29.0. The minimum atomic E-state index is -0.0958. The second-order valence-corrected chi connectivity index (χ2v) is 42.0. The number of aromatic nitrogens is 6. The number of hydrogen-bond acceptors (Lipinski definition) is 12. The zero-order chi connectivity index (χ0) is 102. The van der Waals surface area contributed by atoms with Gasteiger partial charge in [0.05, 0.1) is 97.7 Å². The summed E-state index contributed by atoms with van der Waals surface area (Å²) in [4.78, 5) is 44.4. The molecule has 0 bridgehead atoms. The van der Waals surface area contributed by atoms with Crippen LogP contribution in [0.4, 0.5) is 0 Å². The maximum atomic E-state index is 11.6. The average molecular weight is 2290 g/mol. The molecule has 14 nitrogen and oxygen atoms in total. The molecular weight excluding hydrogens is 2160 g/mol. The molecule has 0 amide bonds. The molecule has 6 heterocycles. The zero-order valence-electron chi connectivity index (χ0n) is 87.7. The van der Waals surface area contributed by atoms with Gasteiger partial charge >= 0.3 is 0 Å². The molecule has 2 aliphatic rings.